The highest BCUT2D eigenvalue weighted by atomic mass is 35.5. The maximum atomic E-state index is 12.8. The standard InChI is InChI=1S/C18H22ClN3O3/c1-18(2,3)25-16(23)14-8-5-9-15-20-21(17(24)22(14)15)11-12-6-4-7-13(19)10-12/h4,6-7,10,14H,5,8-9,11H2,1-3H3/t14-/m1/s1. The molecule has 0 radical (unpaired) electrons. The summed E-state index contributed by atoms with van der Waals surface area (Å²) in [7, 11) is 0. The highest BCUT2D eigenvalue weighted by molar-refractivity contribution is 6.30. The fourth-order valence-electron chi connectivity index (χ4n) is 3.04. The maximum Gasteiger partial charge on any atom is 0.347 e. The van der Waals surface area contributed by atoms with Crippen molar-refractivity contribution < 1.29 is 9.53 Å². The summed E-state index contributed by atoms with van der Waals surface area (Å²) in [6, 6.07) is 6.70. The summed E-state index contributed by atoms with van der Waals surface area (Å²) in [5, 5.41) is 5.03. The fourth-order valence-corrected chi connectivity index (χ4v) is 3.25. The molecule has 134 valence electrons. The summed E-state index contributed by atoms with van der Waals surface area (Å²) < 4.78 is 8.36. The van der Waals surface area contributed by atoms with Crippen LogP contribution in [-0.4, -0.2) is 25.9 Å². The van der Waals surface area contributed by atoms with E-state index in [-0.39, 0.29) is 11.7 Å². The Morgan fingerprint density at radius 3 is 2.84 bits per heavy atom. The third-order valence-corrected chi connectivity index (χ3v) is 4.27. The van der Waals surface area contributed by atoms with Crippen molar-refractivity contribution in [2.75, 3.05) is 0 Å². The summed E-state index contributed by atoms with van der Waals surface area (Å²) in [4.78, 5) is 25.3. The quantitative estimate of drug-likeness (QED) is 0.786. The second kappa shape index (κ2) is 6.67. The van der Waals surface area contributed by atoms with Gasteiger partial charge in [0.15, 0.2) is 0 Å². The smallest absolute Gasteiger partial charge is 0.347 e. The molecule has 0 saturated heterocycles. The first-order chi connectivity index (χ1) is 11.7. The third kappa shape index (κ3) is 3.95. The number of carbonyl (C=O) groups excluding carboxylic acids is 1. The highest BCUT2D eigenvalue weighted by Gasteiger charge is 2.33. The number of carbonyl (C=O) groups is 1. The van der Waals surface area contributed by atoms with Crippen molar-refractivity contribution >= 4 is 17.6 Å². The molecule has 0 N–H and O–H groups in total. The lowest BCUT2D eigenvalue weighted by atomic mass is 10.0. The molecule has 0 fully saturated rings. The lowest BCUT2D eigenvalue weighted by Gasteiger charge is -2.26. The number of nitrogens with zero attached hydrogens (tertiary/aromatic N) is 3. The largest absolute Gasteiger partial charge is 0.458 e. The molecule has 1 atom stereocenters. The number of halogens is 1. The molecule has 0 bridgehead atoms. The van der Waals surface area contributed by atoms with Gasteiger partial charge in [-0.25, -0.2) is 14.3 Å². The monoisotopic (exact) mass is 363 g/mol. The SMILES string of the molecule is CC(C)(C)OC(=O)[C@H]1CCCc2nn(Cc3cccc(Cl)c3)c(=O)n21. The molecule has 0 saturated carbocycles. The van der Waals surface area contributed by atoms with Crippen molar-refractivity contribution in [2.24, 2.45) is 0 Å². The Morgan fingerprint density at radius 1 is 1.40 bits per heavy atom. The van der Waals surface area contributed by atoms with E-state index in [1.807, 2.05) is 32.9 Å². The van der Waals surface area contributed by atoms with E-state index in [0.29, 0.717) is 30.2 Å². The molecule has 0 unspecified atom stereocenters. The number of benzene rings is 1. The molecule has 1 aliphatic rings. The number of esters is 1. The van der Waals surface area contributed by atoms with Crippen molar-refractivity contribution in [3.63, 3.8) is 0 Å². The number of hydrogen-bond donors (Lipinski definition) is 0. The first-order valence-electron chi connectivity index (χ1n) is 8.40. The lowest BCUT2D eigenvalue weighted by molar-refractivity contribution is -0.159. The predicted octanol–water partition coefficient (Wildman–Crippen LogP) is 2.97. The van der Waals surface area contributed by atoms with Crippen molar-refractivity contribution in [3.05, 3.63) is 51.2 Å². The van der Waals surface area contributed by atoms with Gasteiger partial charge in [-0.2, -0.15) is 5.10 Å². The van der Waals surface area contributed by atoms with E-state index >= 15 is 0 Å². The molecule has 2 aromatic rings. The van der Waals surface area contributed by atoms with E-state index in [1.54, 1.807) is 12.1 Å². The summed E-state index contributed by atoms with van der Waals surface area (Å²) in [5.41, 5.74) is 0.0131. The minimum Gasteiger partial charge on any atom is -0.458 e. The van der Waals surface area contributed by atoms with E-state index in [4.69, 9.17) is 16.3 Å². The van der Waals surface area contributed by atoms with Crippen LogP contribution in [0.5, 0.6) is 0 Å². The molecule has 25 heavy (non-hydrogen) atoms. The number of fused-ring (bicyclic) bond motifs is 1. The summed E-state index contributed by atoms with van der Waals surface area (Å²) in [6.45, 7) is 5.78. The molecular weight excluding hydrogens is 342 g/mol. The average molecular weight is 364 g/mol. The maximum absolute atomic E-state index is 12.8. The van der Waals surface area contributed by atoms with Crippen LogP contribution in [0.1, 0.15) is 51.0 Å². The molecule has 3 rings (SSSR count). The van der Waals surface area contributed by atoms with Gasteiger partial charge < -0.3 is 4.74 Å². The first-order valence-corrected chi connectivity index (χ1v) is 8.78. The van der Waals surface area contributed by atoms with Crippen molar-refractivity contribution in [3.8, 4) is 0 Å². The zero-order valence-corrected chi connectivity index (χ0v) is 15.4. The van der Waals surface area contributed by atoms with Crippen molar-refractivity contribution in [1.29, 1.82) is 0 Å². The molecule has 2 heterocycles. The first kappa shape index (κ1) is 17.7. The number of rotatable bonds is 3. The zero-order chi connectivity index (χ0) is 18.2. The number of hydrogen-bond acceptors (Lipinski definition) is 4. The van der Waals surface area contributed by atoms with Crippen molar-refractivity contribution in [1.82, 2.24) is 14.3 Å². The Balaban J connectivity index is 1.91. The number of ether oxygens (including phenoxy) is 1. The van der Waals surface area contributed by atoms with Crippen LogP contribution >= 0.6 is 11.6 Å². The Bertz CT molecular complexity index is 848. The van der Waals surface area contributed by atoms with Crippen LogP contribution in [0.15, 0.2) is 29.1 Å². The van der Waals surface area contributed by atoms with Crippen molar-refractivity contribution in [2.45, 2.75) is 58.2 Å². The molecule has 1 aromatic carbocycles. The fraction of sp³-hybridized carbons (Fsp3) is 0.500. The van der Waals surface area contributed by atoms with E-state index < -0.39 is 11.6 Å². The summed E-state index contributed by atoms with van der Waals surface area (Å²) >= 11 is 6.00. The Kier molecular flexibility index (Phi) is 4.73. The van der Waals surface area contributed by atoms with Gasteiger partial charge in [-0.15, -0.1) is 0 Å². The molecule has 0 aliphatic carbocycles. The van der Waals surface area contributed by atoms with Gasteiger partial charge in [-0.3, -0.25) is 4.57 Å². The highest BCUT2D eigenvalue weighted by Crippen LogP contribution is 2.25. The predicted molar refractivity (Wildman–Crippen MR) is 94.9 cm³/mol. The Morgan fingerprint density at radius 2 is 2.16 bits per heavy atom. The molecular formula is C18H22ClN3O3. The van der Waals surface area contributed by atoms with Gasteiger partial charge >= 0.3 is 11.7 Å². The van der Waals surface area contributed by atoms with Crippen LogP contribution in [0.4, 0.5) is 0 Å². The van der Waals surface area contributed by atoms with Gasteiger partial charge in [0.05, 0.1) is 6.54 Å². The average Bonchev–Trinajstić information content (AvgIpc) is 2.82. The van der Waals surface area contributed by atoms with Gasteiger partial charge in [0.2, 0.25) is 0 Å². The third-order valence-electron chi connectivity index (χ3n) is 4.03. The van der Waals surface area contributed by atoms with Crippen LogP contribution in [0.3, 0.4) is 0 Å². The summed E-state index contributed by atoms with van der Waals surface area (Å²) in [5.74, 6) is 0.256. The molecule has 1 aromatic heterocycles. The number of aromatic nitrogens is 3. The summed E-state index contributed by atoms with van der Waals surface area (Å²) in [6.07, 6.45) is 2.07. The van der Waals surface area contributed by atoms with Crippen LogP contribution in [0.25, 0.3) is 0 Å². The van der Waals surface area contributed by atoms with Crippen LogP contribution in [-0.2, 0) is 22.5 Å². The van der Waals surface area contributed by atoms with Gasteiger partial charge in [0.25, 0.3) is 0 Å². The Labute approximate surface area is 151 Å². The van der Waals surface area contributed by atoms with E-state index in [2.05, 4.69) is 5.10 Å². The minimum atomic E-state index is -0.608. The number of aryl methyl sites for hydroxylation is 1. The van der Waals surface area contributed by atoms with E-state index in [0.717, 1.165) is 12.0 Å². The molecule has 1 aliphatic heterocycles. The Hall–Kier alpha value is -2.08. The van der Waals surface area contributed by atoms with Crippen LogP contribution < -0.4 is 5.69 Å². The molecule has 0 spiro atoms. The van der Waals surface area contributed by atoms with Crippen LogP contribution in [0, 0.1) is 0 Å². The second-order valence-corrected chi connectivity index (χ2v) is 7.73. The van der Waals surface area contributed by atoms with E-state index in [1.165, 1.54) is 9.25 Å². The van der Waals surface area contributed by atoms with Gasteiger partial charge in [0, 0.05) is 11.4 Å². The minimum absolute atomic E-state index is 0.287. The molecule has 6 nitrogen and oxygen atoms in total. The van der Waals surface area contributed by atoms with Gasteiger partial charge in [-0.1, -0.05) is 23.7 Å². The van der Waals surface area contributed by atoms with E-state index in [9.17, 15) is 9.59 Å². The zero-order valence-electron chi connectivity index (χ0n) is 14.7. The topological polar surface area (TPSA) is 66.1 Å². The normalized spacial score (nSPS) is 17.2. The molecule has 0 amide bonds. The van der Waals surface area contributed by atoms with Crippen LogP contribution in [0.2, 0.25) is 5.02 Å². The van der Waals surface area contributed by atoms with Gasteiger partial charge in [-0.05, 0) is 51.3 Å². The van der Waals surface area contributed by atoms with Gasteiger partial charge in [0.1, 0.15) is 17.5 Å². The second-order valence-electron chi connectivity index (χ2n) is 7.30. The molecule has 7 heteroatoms. The lowest BCUT2D eigenvalue weighted by Crippen LogP contribution is -2.38.